The van der Waals surface area contributed by atoms with Crippen molar-refractivity contribution < 1.29 is 9.84 Å². The average Bonchev–Trinajstić information content (AvgIpc) is 2.56. The third-order valence-corrected chi connectivity index (χ3v) is 4.86. The normalized spacial score (nSPS) is 12.6. The highest BCUT2D eigenvalue weighted by molar-refractivity contribution is 4.50. The van der Waals surface area contributed by atoms with E-state index in [1.165, 1.54) is 109 Å². The van der Waals surface area contributed by atoms with E-state index in [2.05, 4.69) is 6.92 Å². The van der Waals surface area contributed by atoms with Gasteiger partial charge in [-0.2, -0.15) is 0 Å². The quantitative estimate of drug-likeness (QED) is 0.185. The Morgan fingerprint density at radius 3 is 1.12 bits per heavy atom. The molecule has 0 aromatic rings. The summed E-state index contributed by atoms with van der Waals surface area (Å²) in [4.78, 5) is 0. The summed E-state index contributed by atoms with van der Waals surface area (Å²) >= 11 is 0. The van der Waals surface area contributed by atoms with E-state index in [9.17, 15) is 0 Å². The van der Waals surface area contributed by atoms with Gasteiger partial charge in [0, 0.05) is 6.61 Å². The minimum atomic E-state index is -0.601. The Hall–Kier alpha value is -0.0800. The molecule has 0 aliphatic carbocycles. The van der Waals surface area contributed by atoms with E-state index in [-0.39, 0.29) is 0 Å². The highest BCUT2D eigenvalue weighted by Crippen LogP contribution is 2.14. The van der Waals surface area contributed by atoms with Crippen molar-refractivity contribution in [3.63, 3.8) is 0 Å². The summed E-state index contributed by atoms with van der Waals surface area (Å²) in [7, 11) is 0. The van der Waals surface area contributed by atoms with Gasteiger partial charge in [-0.3, -0.25) is 0 Å². The highest BCUT2D eigenvalue weighted by atomic mass is 16.6. The van der Waals surface area contributed by atoms with Gasteiger partial charge in [-0.15, -0.1) is 0 Å². The zero-order valence-electron chi connectivity index (χ0n) is 16.9. The van der Waals surface area contributed by atoms with Gasteiger partial charge in [-0.25, -0.2) is 0 Å². The van der Waals surface area contributed by atoms with Gasteiger partial charge in [0.1, 0.15) is 0 Å². The lowest BCUT2D eigenvalue weighted by Crippen LogP contribution is -2.06. The monoisotopic (exact) mass is 342 g/mol. The van der Waals surface area contributed by atoms with Gasteiger partial charge < -0.3 is 9.84 Å². The largest absolute Gasteiger partial charge is 0.368 e. The summed E-state index contributed by atoms with van der Waals surface area (Å²) in [6.07, 6.45) is 24.6. The van der Waals surface area contributed by atoms with E-state index < -0.39 is 6.29 Å². The molecule has 146 valence electrons. The Labute approximate surface area is 152 Å². The van der Waals surface area contributed by atoms with Crippen molar-refractivity contribution >= 4 is 0 Å². The molecule has 2 nitrogen and oxygen atoms in total. The van der Waals surface area contributed by atoms with Crippen molar-refractivity contribution in [3.8, 4) is 0 Å². The Balaban J connectivity index is 2.95. The molecule has 0 amide bonds. The molecule has 0 aromatic heterocycles. The van der Waals surface area contributed by atoms with Crippen molar-refractivity contribution in [2.45, 2.75) is 136 Å². The lowest BCUT2D eigenvalue weighted by atomic mass is 10.0. The van der Waals surface area contributed by atoms with Crippen molar-refractivity contribution in [1.82, 2.24) is 0 Å². The van der Waals surface area contributed by atoms with E-state index >= 15 is 0 Å². The van der Waals surface area contributed by atoms with Crippen molar-refractivity contribution in [2.75, 3.05) is 6.61 Å². The molecule has 2 heteroatoms. The summed E-state index contributed by atoms with van der Waals surface area (Å²) in [5, 5.41) is 8.97. The molecule has 0 spiro atoms. The summed E-state index contributed by atoms with van der Waals surface area (Å²) in [6, 6.07) is 0. The maximum atomic E-state index is 8.97. The van der Waals surface area contributed by atoms with Gasteiger partial charge in [-0.1, -0.05) is 116 Å². The van der Waals surface area contributed by atoms with Crippen molar-refractivity contribution in [1.29, 1.82) is 0 Å². The van der Waals surface area contributed by atoms with Gasteiger partial charge in [0.05, 0.1) is 0 Å². The first-order chi connectivity index (χ1) is 11.8. The summed E-state index contributed by atoms with van der Waals surface area (Å²) in [6.45, 7) is 4.67. The summed E-state index contributed by atoms with van der Waals surface area (Å²) in [5.41, 5.74) is 0. The van der Waals surface area contributed by atoms with Crippen LogP contribution in [0.2, 0.25) is 0 Å². The van der Waals surface area contributed by atoms with E-state index in [1.807, 2.05) is 0 Å². The van der Waals surface area contributed by atoms with E-state index in [0.29, 0.717) is 6.61 Å². The molecule has 0 saturated heterocycles. The van der Waals surface area contributed by atoms with Crippen LogP contribution < -0.4 is 0 Å². The van der Waals surface area contributed by atoms with Gasteiger partial charge >= 0.3 is 0 Å². The third-order valence-electron chi connectivity index (χ3n) is 4.86. The lowest BCUT2D eigenvalue weighted by Gasteiger charge is -2.06. The van der Waals surface area contributed by atoms with Crippen LogP contribution in [0.3, 0.4) is 0 Å². The maximum absolute atomic E-state index is 8.97. The van der Waals surface area contributed by atoms with E-state index in [1.54, 1.807) is 6.92 Å². The molecule has 1 atom stereocenters. The van der Waals surface area contributed by atoms with Gasteiger partial charge in [-0.05, 0) is 13.3 Å². The number of hydrogen-bond acceptors (Lipinski definition) is 2. The van der Waals surface area contributed by atoms with Crippen LogP contribution in [-0.2, 0) is 4.74 Å². The third kappa shape index (κ3) is 21.9. The summed E-state index contributed by atoms with van der Waals surface area (Å²) < 4.78 is 5.13. The zero-order chi connectivity index (χ0) is 17.7. The Morgan fingerprint density at radius 2 is 0.833 bits per heavy atom. The molecule has 0 radical (unpaired) electrons. The standard InChI is InChI=1S/C22H46O2/c1-3-4-5-6-7-8-9-10-11-12-13-14-15-16-17-18-19-20-21-24-22(2)23/h22-23H,3-21H2,1-2H3. The Bertz CT molecular complexity index is 216. The minimum Gasteiger partial charge on any atom is -0.368 e. The first-order valence-electron chi connectivity index (χ1n) is 11.1. The maximum Gasteiger partial charge on any atom is 0.151 e. The smallest absolute Gasteiger partial charge is 0.151 e. The molecule has 0 saturated carbocycles. The molecule has 0 heterocycles. The molecule has 1 N–H and O–H groups in total. The molecule has 1 unspecified atom stereocenters. The second-order valence-corrected chi connectivity index (χ2v) is 7.48. The Kier molecular flexibility index (Phi) is 20.9. The van der Waals surface area contributed by atoms with Gasteiger partial charge in [0.25, 0.3) is 0 Å². The van der Waals surface area contributed by atoms with Crippen LogP contribution in [0, 0.1) is 0 Å². The zero-order valence-corrected chi connectivity index (χ0v) is 16.9. The predicted octanol–water partition coefficient (Wildman–Crippen LogP) is 7.38. The van der Waals surface area contributed by atoms with Crippen molar-refractivity contribution in [3.05, 3.63) is 0 Å². The van der Waals surface area contributed by atoms with Gasteiger partial charge in [0.15, 0.2) is 6.29 Å². The molecule has 24 heavy (non-hydrogen) atoms. The molecule has 0 rings (SSSR count). The van der Waals surface area contributed by atoms with Gasteiger partial charge in [0.2, 0.25) is 0 Å². The average molecular weight is 343 g/mol. The van der Waals surface area contributed by atoms with Crippen LogP contribution >= 0.6 is 0 Å². The fourth-order valence-electron chi connectivity index (χ4n) is 3.26. The number of aliphatic hydroxyl groups is 1. The van der Waals surface area contributed by atoms with E-state index in [4.69, 9.17) is 9.84 Å². The number of aliphatic hydroxyl groups excluding tert-OH is 1. The number of unbranched alkanes of at least 4 members (excludes halogenated alkanes) is 17. The molecule has 0 bridgehead atoms. The number of rotatable bonds is 20. The van der Waals surface area contributed by atoms with Crippen LogP contribution in [0.25, 0.3) is 0 Å². The molecule has 0 aliphatic heterocycles. The predicted molar refractivity (Wildman–Crippen MR) is 106 cm³/mol. The second-order valence-electron chi connectivity index (χ2n) is 7.48. The summed E-state index contributed by atoms with van der Waals surface area (Å²) in [5.74, 6) is 0. The van der Waals surface area contributed by atoms with E-state index in [0.717, 1.165) is 6.42 Å². The SMILES string of the molecule is CCCCCCCCCCCCCCCCCCCCOC(C)O. The van der Waals surface area contributed by atoms with Crippen LogP contribution in [0.1, 0.15) is 129 Å². The first kappa shape index (κ1) is 23.9. The fraction of sp³-hybridized carbons (Fsp3) is 1.00. The van der Waals surface area contributed by atoms with Crippen LogP contribution in [0.5, 0.6) is 0 Å². The topological polar surface area (TPSA) is 29.5 Å². The Morgan fingerprint density at radius 1 is 0.542 bits per heavy atom. The van der Waals surface area contributed by atoms with Crippen molar-refractivity contribution in [2.24, 2.45) is 0 Å². The number of ether oxygens (including phenoxy) is 1. The first-order valence-corrected chi connectivity index (χ1v) is 11.1. The molecule has 0 aromatic carbocycles. The highest BCUT2D eigenvalue weighted by Gasteiger charge is 1.96. The van der Waals surface area contributed by atoms with Crippen LogP contribution in [-0.4, -0.2) is 18.0 Å². The van der Waals surface area contributed by atoms with Crippen LogP contribution in [0.4, 0.5) is 0 Å². The number of hydrogen-bond donors (Lipinski definition) is 1. The molecular weight excluding hydrogens is 296 g/mol. The lowest BCUT2D eigenvalue weighted by molar-refractivity contribution is -0.0859. The minimum absolute atomic E-state index is 0.601. The second kappa shape index (κ2) is 21.0. The molecular formula is C22H46O2. The molecule has 0 fully saturated rings. The molecule has 0 aliphatic rings. The fourth-order valence-corrected chi connectivity index (χ4v) is 3.26. The van der Waals surface area contributed by atoms with Crippen LogP contribution in [0.15, 0.2) is 0 Å².